The maximum absolute atomic E-state index is 11.9. The van der Waals surface area contributed by atoms with Gasteiger partial charge >= 0.3 is 0 Å². The first kappa shape index (κ1) is 26.2. The van der Waals surface area contributed by atoms with Crippen LogP contribution in [0.3, 0.4) is 0 Å². The molecule has 3 aromatic rings. The molecule has 12 heteroatoms. The number of rotatable bonds is 7. The number of nitrogens with zero attached hydrogens (tertiary/aromatic N) is 4. The Kier molecular flexibility index (Phi) is 7.70. The van der Waals surface area contributed by atoms with Crippen LogP contribution in [0.15, 0.2) is 48.9 Å². The summed E-state index contributed by atoms with van der Waals surface area (Å²) < 4.78 is 31.3. The van der Waals surface area contributed by atoms with E-state index in [1.165, 1.54) is 23.0 Å². The van der Waals surface area contributed by atoms with Crippen molar-refractivity contribution in [3.05, 3.63) is 75.7 Å². The minimum Gasteiger partial charge on any atom is -0.486 e. The quantitative estimate of drug-likeness (QED) is 0.332. The van der Waals surface area contributed by atoms with Crippen LogP contribution >= 0.6 is 23.2 Å². The lowest BCUT2D eigenvalue weighted by Crippen LogP contribution is -2.47. The standard InChI is InChI=1S/C24H26Cl2N6O3S/c1-15(23-19(25)12-29-13-20(23)26)35-17-5-6-21(27)18(10-17)24(28)16-4-7-22(30-11-16)31-8-3-9-32(14-31)36(2,33)34/h4-7,10-13,15,28H,3,8-9,14,27H2,1-2H3/t15-/m1/s1. The van der Waals surface area contributed by atoms with E-state index in [4.69, 9.17) is 39.1 Å². The molecule has 0 amide bonds. The molecule has 0 unspecified atom stereocenters. The number of hydrogen-bond donors (Lipinski definition) is 2. The van der Waals surface area contributed by atoms with Gasteiger partial charge in [0.05, 0.1) is 28.7 Å². The van der Waals surface area contributed by atoms with Crippen LogP contribution in [0.25, 0.3) is 0 Å². The van der Waals surface area contributed by atoms with Gasteiger partial charge in [0.25, 0.3) is 0 Å². The Balaban J connectivity index is 1.52. The van der Waals surface area contributed by atoms with E-state index >= 15 is 0 Å². The summed E-state index contributed by atoms with van der Waals surface area (Å²) in [4.78, 5) is 10.3. The molecule has 1 aliphatic rings. The monoisotopic (exact) mass is 548 g/mol. The van der Waals surface area contributed by atoms with Gasteiger partial charge in [-0.2, -0.15) is 4.31 Å². The Morgan fingerprint density at radius 3 is 2.50 bits per heavy atom. The normalized spacial score (nSPS) is 15.5. The van der Waals surface area contributed by atoms with Crippen LogP contribution in [0.4, 0.5) is 11.5 Å². The van der Waals surface area contributed by atoms with Crippen molar-refractivity contribution in [2.24, 2.45) is 0 Å². The fourth-order valence-electron chi connectivity index (χ4n) is 4.00. The number of nitrogens with two attached hydrogens (primary N) is 1. The maximum Gasteiger partial charge on any atom is 0.212 e. The zero-order chi connectivity index (χ0) is 26.0. The molecule has 3 N–H and O–H groups in total. The Hall–Kier alpha value is -2.92. The average molecular weight is 549 g/mol. The van der Waals surface area contributed by atoms with Crippen LogP contribution in [-0.4, -0.2) is 54.4 Å². The first-order valence-electron chi connectivity index (χ1n) is 11.1. The second kappa shape index (κ2) is 10.6. The molecule has 2 aromatic heterocycles. The second-order valence-electron chi connectivity index (χ2n) is 8.50. The fraction of sp³-hybridized carbons (Fsp3) is 0.292. The lowest BCUT2D eigenvalue weighted by Gasteiger charge is -2.34. The van der Waals surface area contributed by atoms with Crippen molar-refractivity contribution in [1.29, 1.82) is 5.41 Å². The van der Waals surface area contributed by atoms with Crippen LogP contribution in [0.5, 0.6) is 5.75 Å². The van der Waals surface area contributed by atoms with Gasteiger partial charge < -0.3 is 15.4 Å². The molecular formula is C24H26Cl2N6O3S. The van der Waals surface area contributed by atoms with Gasteiger partial charge in [0, 0.05) is 54.1 Å². The van der Waals surface area contributed by atoms with E-state index in [1.807, 2.05) is 11.8 Å². The molecule has 0 bridgehead atoms. The van der Waals surface area contributed by atoms with Gasteiger partial charge in [-0.25, -0.2) is 13.4 Å². The molecule has 1 saturated heterocycles. The summed E-state index contributed by atoms with van der Waals surface area (Å²) in [5, 5.41) is 9.53. The molecule has 190 valence electrons. The number of aromatic nitrogens is 2. The second-order valence-corrected chi connectivity index (χ2v) is 11.3. The SMILES string of the molecule is C[C@@H](Oc1ccc(N)c(C(=N)c2ccc(N3CCCN(S(C)(=O)=O)C3)nc2)c1)c1c(Cl)cncc1Cl. The molecule has 1 fully saturated rings. The Labute approximate surface area is 220 Å². The summed E-state index contributed by atoms with van der Waals surface area (Å²) in [5.41, 5.74) is 8.45. The van der Waals surface area contributed by atoms with Gasteiger partial charge in [-0.15, -0.1) is 0 Å². The molecule has 3 heterocycles. The Morgan fingerprint density at radius 2 is 1.86 bits per heavy atom. The topological polar surface area (TPSA) is 126 Å². The average Bonchev–Trinajstić information content (AvgIpc) is 2.84. The number of benzene rings is 1. The third-order valence-electron chi connectivity index (χ3n) is 5.90. The Bertz CT molecular complexity index is 1360. The smallest absolute Gasteiger partial charge is 0.212 e. The van der Waals surface area contributed by atoms with Crippen molar-refractivity contribution in [3.63, 3.8) is 0 Å². The van der Waals surface area contributed by atoms with Crippen molar-refractivity contribution < 1.29 is 13.2 Å². The number of anilines is 2. The van der Waals surface area contributed by atoms with E-state index in [1.54, 1.807) is 36.5 Å². The van der Waals surface area contributed by atoms with Crippen LogP contribution in [-0.2, 0) is 10.0 Å². The number of halogens is 2. The minimum atomic E-state index is -3.28. The highest BCUT2D eigenvalue weighted by Crippen LogP contribution is 2.33. The first-order valence-corrected chi connectivity index (χ1v) is 13.8. The van der Waals surface area contributed by atoms with Crippen molar-refractivity contribution in [1.82, 2.24) is 14.3 Å². The van der Waals surface area contributed by atoms with Gasteiger partial charge in [0.2, 0.25) is 10.0 Å². The van der Waals surface area contributed by atoms with Crippen molar-refractivity contribution in [2.75, 3.05) is 36.6 Å². The van der Waals surface area contributed by atoms with E-state index in [0.29, 0.717) is 63.5 Å². The zero-order valence-corrected chi connectivity index (χ0v) is 22.1. The van der Waals surface area contributed by atoms with Crippen LogP contribution in [0, 0.1) is 5.41 Å². The van der Waals surface area contributed by atoms with Gasteiger partial charge in [-0.05, 0) is 43.7 Å². The van der Waals surface area contributed by atoms with Crippen molar-refractivity contribution in [2.45, 2.75) is 19.4 Å². The molecule has 0 radical (unpaired) electrons. The third-order valence-corrected chi connectivity index (χ3v) is 7.74. The number of ether oxygens (including phenoxy) is 1. The minimum absolute atomic E-state index is 0.182. The van der Waals surface area contributed by atoms with Crippen molar-refractivity contribution >= 4 is 50.4 Å². The highest BCUT2D eigenvalue weighted by molar-refractivity contribution is 7.88. The lowest BCUT2D eigenvalue weighted by molar-refractivity contribution is 0.227. The number of nitrogens with one attached hydrogen (secondary N) is 1. The highest BCUT2D eigenvalue weighted by Gasteiger charge is 2.25. The van der Waals surface area contributed by atoms with E-state index in [9.17, 15) is 8.42 Å². The van der Waals surface area contributed by atoms with Gasteiger partial charge in [0.15, 0.2) is 0 Å². The molecule has 0 aliphatic carbocycles. The number of pyridine rings is 2. The summed E-state index contributed by atoms with van der Waals surface area (Å²) in [6.07, 6.45) is 6.05. The van der Waals surface area contributed by atoms with E-state index in [2.05, 4.69) is 9.97 Å². The summed E-state index contributed by atoms with van der Waals surface area (Å²) in [6.45, 7) is 3.26. The molecule has 1 atom stereocenters. The fourth-order valence-corrected chi connectivity index (χ4v) is 5.48. The van der Waals surface area contributed by atoms with E-state index < -0.39 is 16.1 Å². The molecule has 4 rings (SSSR count). The number of sulfonamides is 1. The third kappa shape index (κ3) is 5.73. The molecule has 9 nitrogen and oxygen atoms in total. The summed E-state index contributed by atoms with van der Waals surface area (Å²) in [6, 6.07) is 8.64. The Morgan fingerprint density at radius 1 is 1.14 bits per heavy atom. The van der Waals surface area contributed by atoms with Crippen LogP contribution in [0.1, 0.15) is 36.1 Å². The predicted molar refractivity (Wildman–Crippen MR) is 143 cm³/mol. The lowest BCUT2D eigenvalue weighted by atomic mass is 10.0. The van der Waals surface area contributed by atoms with Crippen molar-refractivity contribution in [3.8, 4) is 5.75 Å². The first-order chi connectivity index (χ1) is 17.0. The molecule has 1 aliphatic heterocycles. The van der Waals surface area contributed by atoms with Crippen LogP contribution in [0.2, 0.25) is 10.0 Å². The van der Waals surface area contributed by atoms with Crippen LogP contribution < -0.4 is 15.4 Å². The van der Waals surface area contributed by atoms with Gasteiger partial charge in [-0.3, -0.25) is 10.4 Å². The number of hydrogen-bond acceptors (Lipinski definition) is 8. The summed E-state index contributed by atoms with van der Waals surface area (Å²) in [7, 11) is -3.28. The molecule has 0 spiro atoms. The molecule has 0 saturated carbocycles. The van der Waals surface area contributed by atoms with E-state index in [0.717, 1.165) is 0 Å². The largest absolute Gasteiger partial charge is 0.486 e. The molecule has 36 heavy (non-hydrogen) atoms. The summed E-state index contributed by atoms with van der Waals surface area (Å²) >= 11 is 12.5. The van der Waals surface area contributed by atoms with Gasteiger partial charge in [0.1, 0.15) is 17.7 Å². The summed E-state index contributed by atoms with van der Waals surface area (Å²) in [5.74, 6) is 1.14. The number of nitrogen functional groups attached to an aromatic ring is 1. The molecular weight excluding hydrogens is 523 g/mol. The molecule has 1 aromatic carbocycles. The highest BCUT2D eigenvalue weighted by atomic mass is 35.5. The van der Waals surface area contributed by atoms with Gasteiger partial charge in [-0.1, -0.05) is 23.2 Å². The predicted octanol–water partition coefficient (Wildman–Crippen LogP) is 4.35. The maximum atomic E-state index is 11.9. The zero-order valence-electron chi connectivity index (χ0n) is 19.8. The van der Waals surface area contributed by atoms with E-state index in [-0.39, 0.29) is 12.4 Å².